The van der Waals surface area contributed by atoms with Crippen LogP contribution in [0.3, 0.4) is 0 Å². The van der Waals surface area contributed by atoms with E-state index in [-0.39, 0.29) is 0 Å². The zero-order chi connectivity index (χ0) is 10.6. The number of nitrogens with zero attached hydrogens (tertiary/aromatic N) is 2. The van der Waals surface area contributed by atoms with Crippen LogP contribution in [-0.2, 0) is 4.79 Å². The summed E-state index contributed by atoms with van der Waals surface area (Å²) in [6.07, 6.45) is 0. The molecule has 0 saturated carbocycles. The van der Waals surface area contributed by atoms with Crippen molar-refractivity contribution in [1.29, 1.82) is 0 Å². The number of nitrogens with two attached hydrogens (primary N) is 2. The van der Waals surface area contributed by atoms with Gasteiger partial charge in [0.15, 0.2) is 0 Å². The molecule has 0 bridgehead atoms. The molecule has 0 radical (unpaired) electrons. The second-order valence-electron chi connectivity index (χ2n) is 3.74. The van der Waals surface area contributed by atoms with Crippen molar-refractivity contribution in [1.82, 2.24) is 9.80 Å². The minimum atomic E-state index is -0.525. The van der Waals surface area contributed by atoms with Gasteiger partial charge >= 0.3 is 0 Å². The van der Waals surface area contributed by atoms with Crippen LogP contribution in [0.4, 0.5) is 0 Å². The van der Waals surface area contributed by atoms with Crippen LogP contribution in [0.5, 0.6) is 0 Å². The molecule has 1 fully saturated rings. The van der Waals surface area contributed by atoms with Crippen LogP contribution in [0.2, 0.25) is 0 Å². The minimum absolute atomic E-state index is 0.414. The van der Waals surface area contributed by atoms with Gasteiger partial charge in [-0.15, -0.1) is 0 Å². The van der Waals surface area contributed by atoms with Gasteiger partial charge in [-0.25, -0.2) is 0 Å². The molecule has 1 saturated heterocycles. The van der Waals surface area contributed by atoms with Crippen molar-refractivity contribution in [3.05, 3.63) is 0 Å². The SMILES string of the molecule is CCN1CCN(CC(N)C(N)=O)CC1. The molecule has 5 heteroatoms. The van der Waals surface area contributed by atoms with Crippen molar-refractivity contribution in [2.75, 3.05) is 39.3 Å². The van der Waals surface area contributed by atoms with Gasteiger partial charge in [0, 0.05) is 32.7 Å². The smallest absolute Gasteiger partial charge is 0.235 e. The molecular weight excluding hydrogens is 180 g/mol. The molecule has 5 nitrogen and oxygen atoms in total. The zero-order valence-electron chi connectivity index (χ0n) is 8.78. The molecule has 0 aromatic heterocycles. The maximum Gasteiger partial charge on any atom is 0.235 e. The highest BCUT2D eigenvalue weighted by Gasteiger charge is 2.19. The predicted octanol–water partition coefficient (Wildman–Crippen LogP) is -1.56. The average molecular weight is 200 g/mol. The van der Waals surface area contributed by atoms with Crippen LogP contribution >= 0.6 is 0 Å². The van der Waals surface area contributed by atoms with Gasteiger partial charge in [-0.3, -0.25) is 9.69 Å². The van der Waals surface area contributed by atoms with Crippen molar-refractivity contribution >= 4 is 5.91 Å². The molecule has 14 heavy (non-hydrogen) atoms. The van der Waals surface area contributed by atoms with Gasteiger partial charge in [0.1, 0.15) is 0 Å². The Morgan fingerprint density at radius 3 is 2.21 bits per heavy atom. The first-order chi connectivity index (χ1) is 6.63. The molecule has 4 N–H and O–H groups in total. The van der Waals surface area contributed by atoms with E-state index in [0.29, 0.717) is 6.54 Å². The van der Waals surface area contributed by atoms with E-state index in [4.69, 9.17) is 11.5 Å². The molecule has 0 aromatic carbocycles. The van der Waals surface area contributed by atoms with Gasteiger partial charge in [-0.1, -0.05) is 6.92 Å². The van der Waals surface area contributed by atoms with Crippen molar-refractivity contribution < 1.29 is 4.79 Å². The summed E-state index contributed by atoms with van der Waals surface area (Å²) in [4.78, 5) is 15.3. The molecule has 82 valence electrons. The van der Waals surface area contributed by atoms with Gasteiger partial charge in [-0.2, -0.15) is 0 Å². The van der Waals surface area contributed by atoms with Gasteiger partial charge in [-0.05, 0) is 6.54 Å². The van der Waals surface area contributed by atoms with Crippen LogP contribution in [0.25, 0.3) is 0 Å². The highest BCUT2D eigenvalue weighted by atomic mass is 16.1. The van der Waals surface area contributed by atoms with Gasteiger partial charge in [0.2, 0.25) is 5.91 Å². The Morgan fingerprint density at radius 1 is 1.29 bits per heavy atom. The summed E-state index contributed by atoms with van der Waals surface area (Å²) >= 11 is 0. The Hall–Kier alpha value is -0.650. The van der Waals surface area contributed by atoms with Gasteiger partial charge < -0.3 is 16.4 Å². The van der Waals surface area contributed by atoms with Gasteiger partial charge in [0.25, 0.3) is 0 Å². The van der Waals surface area contributed by atoms with Crippen LogP contribution in [0.1, 0.15) is 6.92 Å². The Kier molecular flexibility index (Phi) is 4.31. The fourth-order valence-corrected chi connectivity index (χ4v) is 1.66. The molecule has 0 aromatic rings. The Balaban J connectivity index is 2.25. The number of piperazine rings is 1. The van der Waals surface area contributed by atoms with Crippen LogP contribution in [0.15, 0.2) is 0 Å². The Morgan fingerprint density at radius 2 is 1.79 bits per heavy atom. The number of carbonyl (C=O) groups excluding carboxylic acids is 1. The van der Waals surface area contributed by atoms with E-state index in [1.54, 1.807) is 0 Å². The fraction of sp³-hybridized carbons (Fsp3) is 0.889. The van der Waals surface area contributed by atoms with Crippen molar-refractivity contribution in [2.24, 2.45) is 11.5 Å². The number of amides is 1. The first-order valence-electron chi connectivity index (χ1n) is 5.13. The summed E-state index contributed by atoms with van der Waals surface area (Å²) in [6.45, 7) is 7.92. The van der Waals surface area contributed by atoms with Gasteiger partial charge in [0.05, 0.1) is 6.04 Å². The third kappa shape index (κ3) is 3.25. The maximum absolute atomic E-state index is 10.8. The van der Waals surface area contributed by atoms with E-state index in [1.165, 1.54) is 0 Å². The lowest BCUT2D eigenvalue weighted by atomic mass is 10.2. The zero-order valence-corrected chi connectivity index (χ0v) is 8.78. The van der Waals surface area contributed by atoms with Crippen molar-refractivity contribution in [3.63, 3.8) is 0 Å². The lowest BCUT2D eigenvalue weighted by molar-refractivity contribution is -0.119. The summed E-state index contributed by atoms with van der Waals surface area (Å²) in [5.74, 6) is -0.414. The van der Waals surface area contributed by atoms with E-state index >= 15 is 0 Å². The topological polar surface area (TPSA) is 75.6 Å². The van der Waals surface area contributed by atoms with Crippen LogP contribution in [0, 0.1) is 0 Å². The molecule has 1 amide bonds. The monoisotopic (exact) mass is 200 g/mol. The van der Waals surface area contributed by atoms with Crippen LogP contribution < -0.4 is 11.5 Å². The van der Waals surface area contributed by atoms with E-state index in [0.717, 1.165) is 32.7 Å². The summed E-state index contributed by atoms with van der Waals surface area (Å²) in [6, 6.07) is -0.525. The molecule has 1 aliphatic rings. The normalized spacial score (nSPS) is 22.1. The van der Waals surface area contributed by atoms with E-state index in [1.807, 2.05) is 0 Å². The summed E-state index contributed by atoms with van der Waals surface area (Å²) < 4.78 is 0. The number of primary amides is 1. The fourth-order valence-electron chi connectivity index (χ4n) is 1.66. The maximum atomic E-state index is 10.8. The molecule has 1 heterocycles. The average Bonchev–Trinajstić information content (AvgIpc) is 2.19. The van der Waals surface area contributed by atoms with E-state index in [2.05, 4.69) is 16.7 Å². The lowest BCUT2D eigenvalue weighted by Crippen LogP contribution is -2.52. The molecule has 1 atom stereocenters. The second kappa shape index (κ2) is 5.29. The summed E-state index contributed by atoms with van der Waals surface area (Å²) in [5, 5.41) is 0. The number of hydrogen-bond acceptors (Lipinski definition) is 4. The lowest BCUT2D eigenvalue weighted by Gasteiger charge is -2.34. The van der Waals surface area contributed by atoms with Crippen LogP contribution in [-0.4, -0.2) is 61.0 Å². The summed E-state index contributed by atoms with van der Waals surface area (Å²) in [5.41, 5.74) is 10.7. The first-order valence-corrected chi connectivity index (χ1v) is 5.13. The van der Waals surface area contributed by atoms with Crippen molar-refractivity contribution in [3.8, 4) is 0 Å². The third-order valence-corrected chi connectivity index (χ3v) is 2.73. The molecule has 1 aliphatic heterocycles. The standard InChI is InChI=1S/C9H20N4O/c1-2-12-3-5-13(6-4-12)7-8(10)9(11)14/h8H,2-7,10H2,1H3,(H2,11,14). The highest BCUT2D eigenvalue weighted by Crippen LogP contribution is 2.01. The Bertz CT molecular complexity index is 189. The second-order valence-corrected chi connectivity index (χ2v) is 3.74. The number of carbonyl (C=O) groups is 1. The van der Waals surface area contributed by atoms with E-state index in [9.17, 15) is 4.79 Å². The largest absolute Gasteiger partial charge is 0.368 e. The first kappa shape index (κ1) is 11.4. The quantitative estimate of drug-likeness (QED) is 0.575. The number of rotatable bonds is 4. The molecule has 0 spiro atoms. The molecule has 0 aliphatic carbocycles. The third-order valence-electron chi connectivity index (χ3n) is 2.73. The summed E-state index contributed by atoms with van der Waals surface area (Å²) in [7, 11) is 0. The molecule has 1 rings (SSSR count). The molecule has 1 unspecified atom stereocenters. The number of likely N-dealkylation sites (N-methyl/N-ethyl adjacent to an activating group) is 1. The molecular formula is C9H20N4O. The Labute approximate surface area is 85.0 Å². The predicted molar refractivity (Wildman–Crippen MR) is 55.7 cm³/mol. The van der Waals surface area contributed by atoms with E-state index < -0.39 is 11.9 Å². The van der Waals surface area contributed by atoms with Crippen molar-refractivity contribution in [2.45, 2.75) is 13.0 Å². The number of hydrogen-bond donors (Lipinski definition) is 2. The minimum Gasteiger partial charge on any atom is -0.368 e. The highest BCUT2D eigenvalue weighted by molar-refractivity contribution is 5.79.